The summed E-state index contributed by atoms with van der Waals surface area (Å²) in [6.45, 7) is 0. The van der Waals surface area contributed by atoms with Gasteiger partial charge in [-0.25, -0.2) is 0 Å². The van der Waals surface area contributed by atoms with Crippen molar-refractivity contribution in [2.45, 2.75) is 5.44 Å². The maximum Gasteiger partial charge on any atom is 0.296 e. The molecule has 0 aliphatic heterocycles. The maximum atomic E-state index is 11.3. The number of rotatable bonds is 2. The van der Waals surface area contributed by atoms with Crippen molar-refractivity contribution in [1.29, 1.82) is 0 Å². The normalized spacial score (nSPS) is 14.1. The molecule has 0 aliphatic carbocycles. The molecule has 4 rings (SSSR count). The van der Waals surface area contributed by atoms with Crippen LogP contribution in [-0.2, 0) is 10.1 Å². The van der Waals surface area contributed by atoms with Gasteiger partial charge in [0.2, 0.25) is 5.44 Å². The first kappa shape index (κ1) is 13.5. The lowest BCUT2D eigenvalue weighted by molar-refractivity contribution is 0.240. The van der Waals surface area contributed by atoms with Crippen molar-refractivity contribution in [3.63, 3.8) is 0 Å². The Balaban J connectivity index is 2.22. The fourth-order valence-electron chi connectivity index (χ4n) is 3.13. The summed E-state index contributed by atoms with van der Waals surface area (Å²) < 4.78 is 31.8. The van der Waals surface area contributed by atoms with Gasteiger partial charge >= 0.3 is 0 Å². The summed E-state index contributed by atoms with van der Waals surface area (Å²) in [6.07, 6.45) is 0. The highest BCUT2D eigenvalue weighted by molar-refractivity contribution is 7.85. The van der Waals surface area contributed by atoms with Crippen molar-refractivity contribution in [2.24, 2.45) is 0 Å². The Kier molecular flexibility index (Phi) is 2.69. The molecule has 5 heteroatoms. The van der Waals surface area contributed by atoms with Gasteiger partial charge in [-0.2, -0.15) is 8.42 Å². The van der Waals surface area contributed by atoms with Crippen LogP contribution in [0.1, 0.15) is 11.0 Å². The predicted octanol–water partition coefficient (Wildman–Crippen LogP) is 3.46. The molecule has 1 unspecified atom stereocenters. The van der Waals surface area contributed by atoms with Crippen molar-refractivity contribution in [3.8, 4) is 0 Å². The van der Waals surface area contributed by atoms with Gasteiger partial charge in [0, 0.05) is 5.56 Å². The Morgan fingerprint density at radius 1 is 0.773 bits per heavy atom. The van der Waals surface area contributed by atoms with Gasteiger partial charge in [-0.05, 0) is 32.3 Å². The molecule has 0 bridgehead atoms. The van der Waals surface area contributed by atoms with Crippen LogP contribution in [0.2, 0.25) is 0 Å². The summed E-state index contributed by atoms with van der Waals surface area (Å²) in [5, 5.41) is 15.6. The molecule has 0 radical (unpaired) electrons. The van der Waals surface area contributed by atoms with E-state index in [1.54, 1.807) is 18.2 Å². The lowest BCUT2D eigenvalue weighted by Gasteiger charge is -2.15. The van der Waals surface area contributed by atoms with Crippen LogP contribution in [0.4, 0.5) is 0 Å². The molecule has 0 saturated carbocycles. The number of hydrogen-bond donors (Lipinski definition) is 2. The van der Waals surface area contributed by atoms with Gasteiger partial charge in [-0.15, -0.1) is 0 Å². The molecule has 0 aliphatic rings. The van der Waals surface area contributed by atoms with Crippen LogP contribution >= 0.6 is 0 Å². The lowest BCUT2D eigenvalue weighted by atomic mass is 9.92. The van der Waals surface area contributed by atoms with Crippen molar-refractivity contribution >= 4 is 42.4 Å². The first-order valence-corrected chi connectivity index (χ1v) is 8.28. The minimum atomic E-state index is -4.57. The van der Waals surface area contributed by atoms with Gasteiger partial charge in [0.1, 0.15) is 0 Å². The molecule has 4 aromatic carbocycles. The zero-order valence-corrected chi connectivity index (χ0v) is 12.2. The summed E-state index contributed by atoms with van der Waals surface area (Å²) in [7, 11) is -4.57. The van der Waals surface area contributed by atoms with Gasteiger partial charge in [0.25, 0.3) is 10.1 Å². The van der Waals surface area contributed by atoms with E-state index in [2.05, 4.69) is 0 Å². The topological polar surface area (TPSA) is 74.6 Å². The van der Waals surface area contributed by atoms with E-state index in [4.69, 9.17) is 4.55 Å². The molecule has 2 N–H and O–H groups in total. The second-order valence-electron chi connectivity index (χ2n) is 5.38. The lowest BCUT2D eigenvalue weighted by Crippen LogP contribution is -2.11. The first-order chi connectivity index (χ1) is 10.5. The largest absolute Gasteiger partial charge is 0.371 e. The fourth-order valence-corrected chi connectivity index (χ4v) is 3.66. The predicted molar refractivity (Wildman–Crippen MR) is 86.7 cm³/mol. The van der Waals surface area contributed by atoms with E-state index in [-0.39, 0.29) is 5.56 Å². The average Bonchev–Trinajstić information content (AvgIpc) is 2.51. The van der Waals surface area contributed by atoms with E-state index in [0.29, 0.717) is 5.39 Å². The zero-order chi connectivity index (χ0) is 15.5. The summed E-state index contributed by atoms with van der Waals surface area (Å²) in [5.74, 6) is 0. The van der Waals surface area contributed by atoms with Crippen LogP contribution in [0, 0.1) is 0 Å². The van der Waals surface area contributed by atoms with Gasteiger partial charge in [-0.1, -0.05) is 54.6 Å². The molecule has 4 nitrogen and oxygen atoms in total. The molecule has 110 valence electrons. The van der Waals surface area contributed by atoms with Gasteiger partial charge in [-0.3, -0.25) is 4.55 Å². The highest BCUT2D eigenvalue weighted by Gasteiger charge is 2.24. The number of benzene rings is 4. The van der Waals surface area contributed by atoms with Crippen molar-refractivity contribution in [1.82, 2.24) is 0 Å². The molecule has 0 amide bonds. The van der Waals surface area contributed by atoms with E-state index in [9.17, 15) is 13.5 Å². The van der Waals surface area contributed by atoms with Crippen molar-refractivity contribution in [3.05, 3.63) is 60.2 Å². The third-order valence-corrected chi connectivity index (χ3v) is 4.93. The van der Waals surface area contributed by atoms with Gasteiger partial charge < -0.3 is 5.11 Å². The molecule has 22 heavy (non-hydrogen) atoms. The molecule has 0 heterocycles. The monoisotopic (exact) mass is 312 g/mol. The standard InChI is InChI=1S/C17H12O4S/c18-17(22(19,20)21)14-9-7-12-5-4-10-2-1-3-11-6-8-13(14)16(12)15(10)11/h1-9,17-18H,(H,19,20,21). The van der Waals surface area contributed by atoms with E-state index in [1.807, 2.05) is 36.4 Å². The van der Waals surface area contributed by atoms with Crippen LogP contribution in [0.5, 0.6) is 0 Å². The Morgan fingerprint density at radius 3 is 1.95 bits per heavy atom. The van der Waals surface area contributed by atoms with Gasteiger partial charge in [0.05, 0.1) is 0 Å². The third-order valence-electron chi connectivity index (χ3n) is 4.11. The third kappa shape index (κ3) is 1.80. The number of aliphatic hydroxyl groups excluding tert-OH is 1. The van der Waals surface area contributed by atoms with Crippen LogP contribution in [0.25, 0.3) is 32.3 Å². The number of aliphatic hydroxyl groups is 1. The molecule has 1 atom stereocenters. The summed E-state index contributed by atoms with van der Waals surface area (Å²) in [6, 6.07) is 16.9. The molecule has 0 aromatic heterocycles. The number of hydrogen-bond acceptors (Lipinski definition) is 3. The summed E-state index contributed by atoms with van der Waals surface area (Å²) in [4.78, 5) is 0. The molecular weight excluding hydrogens is 300 g/mol. The highest BCUT2D eigenvalue weighted by Crippen LogP contribution is 2.38. The SMILES string of the molecule is O=S(=O)(O)C(O)c1ccc2ccc3cccc4ccc1c2c34. The fraction of sp³-hybridized carbons (Fsp3) is 0.0588. The smallest absolute Gasteiger partial charge is 0.296 e. The first-order valence-electron chi connectivity index (χ1n) is 6.77. The quantitative estimate of drug-likeness (QED) is 0.439. The van der Waals surface area contributed by atoms with E-state index < -0.39 is 15.6 Å². The second-order valence-corrected chi connectivity index (χ2v) is 6.85. The average molecular weight is 312 g/mol. The van der Waals surface area contributed by atoms with Crippen LogP contribution < -0.4 is 0 Å². The van der Waals surface area contributed by atoms with Crippen molar-refractivity contribution in [2.75, 3.05) is 0 Å². The highest BCUT2D eigenvalue weighted by atomic mass is 32.2. The molecule has 4 aromatic rings. The van der Waals surface area contributed by atoms with Crippen LogP contribution in [0.3, 0.4) is 0 Å². The van der Waals surface area contributed by atoms with E-state index in [1.165, 1.54) is 0 Å². The van der Waals surface area contributed by atoms with E-state index in [0.717, 1.165) is 26.9 Å². The van der Waals surface area contributed by atoms with Crippen LogP contribution in [0.15, 0.2) is 54.6 Å². The summed E-state index contributed by atoms with van der Waals surface area (Å²) >= 11 is 0. The summed E-state index contributed by atoms with van der Waals surface area (Å²) in [5.41, 5.74) is -1.76. The molecule has 0 spiro atoms. The minimum Gasteiger partial charge on any atom is -0.371 e. The maximum absolute atomic E-state index is 11.3. The Morgan fingerprint density at radius 2 is 1.32 bits per heavy atom. The molecular formula is C17H12O4S. The molecule has 0 saturated heterocycles. The molecule has 0 fully saturated rings. The Labute approximate surface area is 126 Å². The van der Waals surface area contributed by atoms with Gasteiger partial charge in [0.15, 0.2) is 0 Å². The van der Waals surface area contributed by atoms with Crippen molar-refractivity contribution < 1.29 is 18.1 Å². The van der Waals surface area contributed by atoms with Crippen LogP contribution in [-0.4, -0.2) is 18.1 Å². The van der Waals surface area contributed by atoms with E-state index >= 15 is 0 Å². The Bertz CT molecular complexity index is 1100. The second kappa shape index (κ2) is 4.39. The minimum absolute atomic E-state index is 0.188. The Hall–Kier alpha value is -2.21. The zero-order valence-electron chi connectivity index (χ0n) is 11.4.